The number of rotatable bonds is 2. The van der Waals surface area contributed by atoms with Gasteiger partial charge in [0.25, 0.3) is 0 Å². The van der Waals surface area contributed by atoms with Crippen LogP contribution in [0.1, 0.15) is 26.4 Å². The van der Waals surface area contributed by atoms with Crippen molar-refractivity contribution in [1.29, 1.82) is 0 Å². The fraction of sp³-hybridized carbons (Fsp3) is 0.231. The van der Waals surface area contributed by atoms with E-state index in [4.69, 9.17) is 11.6 Å². The van der Waals surface area contributed by atoms with E-state index in [1.807, 2.05) is 0 Å². The normalized spacial score (nSPS) is 12.8. The van der Waals surface area contributed by atoms with E-state index in [-0.39, 0.29) is 4.83 Å². The van der Waals surface area contributed by atoms with Crippen molar-refractivity contribution in [3.63, 3.8) is 0 Å². The number of aryl methyl sites for hydroxylation is 2. The second-order valence-corrected chi connectivity index (χ2v) is 7.39. The van der Waals surface area contributed by atoms with Gasteiger partial charge in [-0.05, 0) is 52.5 Å². The topological polar surface area (TPSA) is 0 Å². The summed E-state index contributed by atoms with van der Waals surface area (Å²) in [5.74, 6) is 0. The lowest BCUT2D eigenvalue weighted by Crippen LogP contribution is -1.96. The average molecular weight is 395 g/mol. The smallest absolute Gasteiger partial charge is 0.107 e. The van der Waals surface area contributed by atoms with Crippen molar-refractivity contribution in [3.8, 4) is 0 Å². The van der Waals surface area contributed by atoms with Gasteiger partial charge in [-0.2, -0.15) is 0 Å². The molecule has 2 aromatic rings. The molecule has 0 amide bonds. The summed E-state index contributed by atoms with van der Waals surface area (Å²) in [6.45, 7) is 4.28. The highest BCUT2D eigenvalue weighted by Gasteiger charge is 2.18. The predicted octanol–water partition coefficient (Wildman–Crippen LogP) is 6.27. The van der Waals surface area contributed by atoms with Crippen LogP contribution in [-0.2, 0) is 0 Å². The minimum absolute atomic E-state index is 0.206. The van der Waals surface area contributed by atoms with Crippen molar-refractivity contribution in [1.82, 2.24) is 0 Å². The first-order valence-electron chi connectivity index (χ1n) is 5.15. The van der Waals surface area contributed by atoms with Crippen LogP contribution in [-0.4, -0.2) is 0 Å². The van der Waals surface area contributed by atoms with Crippen LogP contribution in [0, 0.1) is 13.8 Å². The van der Waals surface area contributed by atoms with Crippen LogP contribution < -0.4 is 0 Å². The SMILES string of the molecule is Cc1cccc(C)c1C(Br)c1cc(Br)c(Cl)s1. The maximum absolute atomic E-state index is 6.09. The molecule has 1 unspecified atom stereocenters. The molecule has 0 aliphatic heterocycles. The minimum atomic E-state index is 0.206. The molecule has 90 valence electrons. The molecule has 1 aromatic carbocycles. The van der Waals surface area contributed by atoms with E-state index >= 15 is 0 Å². The first-order valence-corrected chi connectivity index (χ1v) is 8.06. The van der Waals surface area contributed by atoms with Crippen LogP contribution in [0.4, 0.5) is 0 Å². The fourth-order valence-electron chi connectivity index (χ4n) is 1.86. The molecular weight excluding hydrogens is 383 g/mol. The third-order valence-electron chi connectivity index (χ3n) is 2.71. The lowest BCUT2D eigenvalue weighted by atomic mass is 9.99. The van der Waals surface area contributed by atoms with Gasteiger partial charge in [-0.3, -0.25) is 0 Å². The molecule has 0 aliphatic carbocycles. The molecule has 0 N–H and O–H groups in total. The highest BCUT2D eigenvalue weighted by atomic mass is 79.9. The maximum atomic E-state index is 6.09. The number of halogens is 3. The van der Waals surface area contributed by atoms with Crippen LogP contribution in [0.15, 0.2) is 28.7 Å². The number of benzene rings is 1. The molecule has 2 rings (SSSR count). The molecule has 0 aliphatic rings. The molecule has 0 saturated carbocycles. The third-order valence-corrected chi connectivity index (χ3v) is 6.50. The molecule has 4 heteroatoms. The third kappa shape index (κ3) is 2.78. The molecule has 0 bridgehead atoms. The highest BCUT2D eigenvalue weighted by molar-refractivity contribution is 9.10. The Hall–Kier alpha value is 0.170. The Bertz CT molecular complexity index is 509. The monoisotopic (exact) mass is 392 g/mol. The lowest BCUT2D eigenvalue weighted by molar-refractivity contribution is 1.14. The van der Waals surface area contributed by atoms with Gasteiger partial charge in [0.05, 0.1) is 4.83 Å². The van der Waals surface area contributed by atoms with E-state index < -0.39 is 0 Å². The van der Waals surface area contributed by atoms with Gasteiger partial charge < -0.3 is 0 Å². The van der Waals surface area contributed by atoms with Crippen LogP contribution in [0.25, 0.3) is 0 Å². The van der Waals surface area contributed by atoms with Crippen LogP contribution in [0.2, 0.25) is 4.34 Å². The van der Waals surface area contributed by atoms with Gasteiger partial charge in [0.15, 0.2) is 0 Å². The van der Waals surface area contributed by atoms with Crippen molar-refractivity contribution < 1.29 is 0 Å². The van der Waals surface area contributed by atoms with Crippen LogP contribution in [0.5, 0.6) is 0 Å². The number of thiophene rings is 1. The largest absolute Gasteiger partial charge is 0.126 e. The summed E-state index contributed by atoms with van der Waals surface area (Å²) in [6, 6.07) is 8.45. The van der Waals surface area contributed by atoms with Gasteiger partial charge >= 0.3 is 0 Å². The molecule has 17 heavy (non-hydrogen) atoms. The molecule has 0 nitrogen and oxygen atoms in total. The molecule has 1 heterocycles. The van der Waals surface area contributed by atoms with E-state index in [2.05, 4.69) is 70.0 Å². The molecule has 1 aromatic heterocycles. The number of hydrogen-bond acceptors (Lipinski definition) is 1. The van der Waals surface area contributed by atoms with Crippen molar-refractivity contribution in [2.45, 2.75) is 18.7 Å². The summed E-state index contributed by atoms with van der Waals surface area (Å²) in [5.41, 5.74) is 3.93. The molecular formula is C13H11Br2ClS. The van der Waals surface area contributed by atoms with Gasteiger partial charge in [-0.1, -0.05) is 45.7 Å². The first-order chi connectivity index (χ1) is 8.00. The Morgan fingerprint density at radius 2 is 1.82 bits per heavy atom. The predicted molar refractivity (Wildman–Crippen MR) is 83.7 cm³/mol. The Kier molecular flexibility index (Phi) is 4.35. The zero-order valence-corrected chi connectivity index (χ0v) is 14.2. The van der Waals surface area contributed by atoms with Gasteiger partial charge in [0.2, 0.25) is 0 Å². The summed E-state index contributed by atoms with van der Waals surface area (Å²) < 4.78 is 1.77. The quantitative estimate of drug-likeness (QED) is 0.527. The summed E-state index contributed by atoms with van der Waals surface area (Å²) in [5, 5.41) is 0. The summed E-state index contributed by atoms with van der Waals surface area (Å²) in [6.07, 6.45) is 0. The molecule has 0 saturated heterocycles. The average Bonchev–Trinajstić information content (AvgIpc) is 2.59. The van der Waals surface area contributed by atoms with Crippen molar-refractivity contribution in [3.05, 3.63) is 54.6 Å². The highest BCUT2D eigenvalue weighted by Crippen LogP contribution is 2.42. The molecule has 1 atom stereocenters. The second-order valence-electron chi connectivity index (χ2n) is 3.94. The Labute approximate surface area is 127 Å². The zero-order valence-electron chi connectivity index (χ0n) is 9.43. The number of hydrogen-bond donors (Lipinski definition) is 0. The van der Waals surface area contributed by atoms with Gasteiger partial charge in [0, 0.05) is 9.35 Å². The maximum Gasteiger partial charge on any atom is 0.107 e. The lowest BCUT2D eigenvalue weighted by Gasteiger charge is -2.14. The van der Waals surface area contributed by atoms with E-state index in [1.165, 1.54) is 21.6 Å². The van der Waals surface area contributed by atoms with Gasteiger partial charge in [-0.15, -0.1) is 11.3 Å². The molecule has 0 fully saturated rings. The summed E-state index contributed by atoms with van der Waals surface area (Å²) in [7, 11) is 0. The molecule has 0 spiro atoms. The second kappa shape index (κ2) is 5.43. The van der Waals surface area contributed by atoms with E-state index in [0.717, 1.165) is 8.81 Å². The Morgan fingerprint density at radius 1 is 1.24 bits per heavy atom. The Balaban J connectivity index is 2.47. The Morgan fingerprint density at radius 3 is 2.29 bits per heavy atom. The minimum Gasteiger partial charge on any atom is -0.126 e. The van der Waals surface area contributed by atoms with Crippen molar-refractivity contribution in [2.24, 2.45) is 0 Å². The van der Waals surface area contributed by atoms with Gasteiger partial charge in [0.1, 0.15) is 4.34 Å². The first kappa shape index (κ1) is 13.6. The zero-order chi connectivity index (χ0) is 12.6. The van der Waals surface area contributed by atoms with Crippen LogP contribution in [0.3, 0.4) is 0 Å². The van der Waals surface area contributed by atoms with E-state index in [1.54, 1.807) is 11.3 Å². The summed E-state index contributed by atoms with van der Waals surface area (Å²) >= 11 is 14.9. The van der Waals surface area contributed by atoms with Crippen molar-refractivity contribution in [2.75, 3.05) is 0 Å². The van der Waals surface area contributed by atoms with Gasteiger partial charge in [-0.25, -0.2) is 0 Å². The van der Waals surface area contributed by atoms with Crippen LogP contribution >= 0.6 is 54.8 Å². The van der Waals surface area contributed by atoms with Crippen molar-refractivity contribution >= 4 is 54.8 Å². The fourth-order valence-corrected chi connectivity index (χ4v) is 4.72. The summed E-state index contributed by atoms with van der Waals surface area (Å²) in [4.78, 5) is 1.43. The standard InChI is InChI=1S/C13H11Br2ClS/c1-7-4-3-5-8(2)11(7)12(15)10-6-9(14)13(16)17-10/h3-6,12H,1-2H3. The molecule has 0 radical (unpaired) electrons. The van der Waals surface area contributed by atoms with E-state index in [9.17, 15) is 0 Å². The number of alkyl halides is 1. The van der Waals surface area contributed by atoms with E-state index in [0.29, 0.717) is 0 Å².